The van der Waals surface area contributed by atoms with Crippen LogP contribution in [0.5, 0.6) is 0 Å². The van der Waals surface area contributed by atoms with Crippen molar-refractivity contribution in [3.05, 3.63) is 71.7 Å². The zero-order chi connectivity index (χ0) is 22.4. The van der Waals surface area contributed by atoms with E-state index < -0.39 is 5.82 Å². The average Bonchev–Trinajstić information content (AvgIpc) is 3.49. The summed E-state index contributed by atoms with van der Waals surface area (Å²) in [6.45, 7) is 8.15. The maximum Gasteiger partial charge on any atom is 0.274 e. The molecular weight excluding hydrogens is 409 g/mol. The number of likely N-dealkylation sites (tertiary alicyclic amines) is 1. The number of hydrogen-bond donors (Lipinski definition) is 1. The summed E-state index contributed by atoms with van der Waals surface area (Å²) < 4.78 is 17.9. The van der Waals surface area contributed by atoms with Gasteiger partial charge in [-0.25, -0.2) is 14.2 Å². The third kappa shape index (κ3) is 3.40. The van der Waals surface area contributed by atoms with Gasteiger partial charge in [-0.05, 0) is 30.7 Å². The van der Waals surface area contributed by atoms with Gasteiger partial charge in [0.15, 0.2) is 0 Å². The van der Waals surface area contributed by atoms with E-state index in [1.165, 1.54) is 12.1 Å². The van der Waals surface area contributed by atoms with Crippen molar-refractivity contribution in [3.8, 4) is 17.1 Å². The lowest BCUT2D eigenvalue weighted by atomic mass is 10.1. The first-order chi connectivity index (χ1) is 15.4. The zero-order valence-electron chi connectivity index (χ0n) is 17.4. The highest BCUT2D eigenvalue weighted by Gasteiger charge is 2.27. The second-order valence-corrected chi connectivity index (χ2v) is 7.94. The van der Waals surface area contributed by atoms with Gasteiger partial charge in [-0.3, -0.25) is 14.0 Å². The van der Waals surface area contributed by atoms with E-state index in [0.29, 0.717) is 24.5 Å². The summed E-state index contributed by atoms with van der Waals surface area (Å²) in [5.74, 6) is -0.428. The number of aryl methyl sites for hydroxylation is 1. The number of nitrogens with zero attached hydrogens (tertiary/aromatic N) is 6. The van der Waals surface area contributed by atoms with E-state index in [0.717, 1.165) is 23.0 Å². The lowest BCUT2D eigenvalue weighted by Crippen LogP contribution is -2.32. The first-order valence-corrected chi connectivity index (χ1v) is 10.2. The third-order valence-corrected chi connectivity index (χ3v) is 5.64. The maximum absolute atomic E-state index is 14.4. The maximum atomic E-state index is 14.4. The van der Waals surface area contributed by atoms with E-state index >= 15 is 0 Å². The Hall–Kier alpha value is -4.03. The molecule has 0 unspecified atom stereocenters. The van der Waals surface area contributed by atoms with Gasteiger partial charge in [0.1, 0.15) is 17.3 Å². The Morgan fingerprint density at radius 1 is 1.25 bits per heavy atom. The van der Waals surface area contributed by atoms with Crippen LogP contribution in [0.15, 0.2) is 48.8 Å². The second kappa shape index (κ2) is 7.59. The minimum absolute atomic E-state index is 0.0382. The predicted octanol–water partition coefficient (Wildman–Crippen LogP) is 3.29. The number of amides is 1. The summed E-state index contributed by atoms with van der Waals surface area (Å²) in [6, 6.07) is 10.00. The number of benzene rings is 2. The largest absolute Gasteiger partial charge is 0.336 e. The molecule has 0 spiro atoms. The van der Waals surface area contributed by atoms with Crippen LogP contribution >= 0.6 is 0 Å². The number of hydrogen-bond acceptors (Lipinski definition) is 4. The molecule has 0 bridgehead atoms. The SMILES string of the molecule is [C-]#[N+]c1ccc(-c2nc(C(=O)N3CC[C@H](N)C3)cn2-c2ccc3nn(C)cc3c2)cc1F. The van der Waals surface area contributed by atoms with Crippen molar-refractivity contribution in [3.63, 3.8) is 0 Å². The number of rotatable bonds is 3. The standard InChI is InChI=1S/C23H20FN7O/c1-26-20-5-3-14(10-18(20)24)22-27-21(23(32)30-8-7-16(25)12-30)13-31(22)17-4-6-19-15(9-17)11-29(2)28-19/h3-6,9-11,13,16H,7-8,12,25H2,2H3/t16-/m0/s1. The molecule has 9 heteroatoms. The number of fused-ring (bicyclic) bond motifs is 1. The molecule has 2 N–H and O–H groups in total. The van der Waals surface area contributed by atoms with Crippen molar-refractivity contribution in [2.45, 2.75) is 12.5 Å². The fraction of sp³-hybridized carbons (Fsp3) is 0.217. The zero-order valence-corrected chi connectivity index (χ0v) is 17.4. The van der Waals surface area contributed by atoms with E-state index in [-0.39, 0.29) is 23.3 Å². The number of halogens is 1. The van der Waals surface area contributed by atoms with Gasteiger partial charge in [0.05, 0.1) is 12.1 Å². The third-order valence-electron chi connectivity index (χ3n) is 5.64. The van der Waals surface area contributed by atoms with Gasteiger partial charge in [0.2, 0.25) is 5.69 Å². The molecule has 1 saturated heterocycles. The van der Waals surface area contributed by atoms with Gasteiger partial charge >= 0.3 is 0 Å². The van der Waals surface area contributed by atoms with Crippen LogP contribution in [0.1, 0.15) is 16.9 Å². The lowest BCUT2D eigenvalue weighted by Gasteiger charge is -2.13. The first kappa shape index (κ1) is 19.9. The molecule has 2 aromatic carbocycles. The van der Waals surface area contributed by atoms with Crippen LogP contribution in [0.25, 0.3) is 32.8 Å². The summed E-state index contributed by atoms with van der Waals surface area (Å²) in [5.41, 5.74) is 8.23. The van der Waals surface area contributed by atoms with Crippen LogP contribution in [-0.4, -0.2) is 49.3 Å². The number of nitrogens with two attached hydrogens (primary N) is 1. The average molecular weight is 429 g/mol. The fourth-order valence-corrected chi connectivity index (χ4v) is 4.04. The highest BCUT2D eigenvalue weighted by Crippen LogP contribution is 2.29. The van der Waals surface area contributed by atoms with Gasteiger partial charge in [0.25, 0.3) is 5.91 Å². The Morgan fingerprint density at radius 3 is 2.81 bits per heavy atom. The summed E-state index contributed by atoms with van der Waals surface area (Å²) in [4.78, 5) is 22.5. The molecule has 5 rings (SSSR count). The van der Waals surface area contributed by atoms with E-state index in [2.05, 4.69) is 14.9 Å². The molecule has 3 heterocycles. The number of aromatic nitrogens is 4. The van der Waals surface area contributed by atoms with Gasteiger partial charge in [-0.15, -0.1) is 0 Å². The Balaban J connectivity index is 1.64. The number of carbonyl (C=O) groups is 1. The van der Waals surface area contributed by atoms with Crippen LogP contribution in [0.4, 0.5) is 10.1 Å². The molecular formula is C23H20FN7O. The summed E-state index contributed by atoms with van der Waals surface area (Å²) in [5, 5.41) is 5.32. The molecule has 1 aliphatic rings. The van der Waals surface area contributed by atoms with E-state index in [4.69, 9.17) is 12.3 Å². The Kier molecular flexibility index (Phi) is 4.72. The molecule has 1 fully saturated rings. The van der Waals surface area contributed by atoms with Crippen molar-refractivity contribution >= 4 is 22.5 Å². The predicted molar refractivity (Wildman–Crippen MR) is 118 cm³/mol. The minimum atomic E-state index is -0.631. The molecule has 8 nitrogen and oxygen atoms in total. The van der Waals surface area contributed by atoms with Crippen molar-refractivity contribution in [2.75, 3.05) is 13.1 Å². The molecule has 0 aliphatic carbocycles. The summed E-state index contributed by atoms with van der Waals surface area (Å²) >= 11 is 0. The number of imidazole rings is 1. The first-order valence-electron chi connectivity index (χ1n) is 10.2. The Labute approximate surface area is 183 Å². The lowest BCUT2D eigenvalue weighted by molar-refractivity contribution is 0.0785. The summed E-state index contributed by atoms with van der Waals surface area (Å²) in [7, 11) is 1.85. The van der Waals surface area contributed by atoms with Crippen molar-refractivity contribution in [2.24, 2.45) is 12.8 Å². The Bertz CT molecular complexity index is 1400. The molecule has 32 heavy (non-hydrogen) atoms. The molecule has 1 amide bonds. The normalized spacial score (nSPS) is 15.9. The monoisotopic (exact) mass is 429 g/mol. The van der Waals surface area contributed by atoms with E-state index in [9.17, 15) is 9.18 Å². The Morgan fingerprint density at radius 2 is 2.09 bits per heavy atom. The quantitative estimate of drug-likeness (QED) is 0.507. The van der Waals surface area contributed by atoms with Gasteiger partial charge in [0, 0.05) is 55.2 Å². The molecule has 4 aromatic rings. The highest BCUT2D eigenvalue weighted by molar-refractivity contribution is 5.93. The van der Waals surface area contributed by atoms with Crippen LogP contribution in [0.3, 0.4) is 0 Å². The van der Waals surface area contributed by atoms with Crippen molar-refractivity contribution < 1.29 is 9.18 Å². The van der Waals surface area contributed by atoms with Crippen LogP contribution in [-0.2, 0) is 7.05 Å². The van der Waals surface area contributed by atoms with Gasteiger partial charge in [-0.2, -0.15) is 5.10 Å². The topological polar surface area (TPSA) is 86.3 Å². The van der Waals surface area contributed by atoms with Gasteiger partial charge in [-0.1, -0.05) is 12.1 Å². The molecule has 160 valence electrons. The molecule has 2 aromatic heterocycles. The van der Waals surface area contributed by atoms with E-state index in [1.807, 2.05) is 31.4 Å². The minimum Gasteiger partial charge on any atom is -0.336 e. The number of carbonyl (C=O) groups excluding carboxylic acids is 1. The van der Waals surface area contributed by atoms with Crippen LogP contribution < -0.4 is 5.73 Å². The highest BCUT2D eigenvalue weighted by atomic mass is 19.1. The van der Waals surface area contributed by atoms with Crippen molar-refractivity contribution in [1.29, 1.82) is 0 Å². The fourth-order valence-electron chi connectivity index (χ4n) is 4.04. The second-order valence-electron chi connectivity index (χ2n) is 7.94. The molecule has 0 saturated carbocycles. The summed E-state index contributed by atoms with van der Waals surface area (Å²) in [6.07, 6.45) is 4.32. The van der Waals surface area contributed by atoms with Crippen LogP contribution in [0, 0.1) is 12.4 Å². The molecule has 1 atom stereocenters. The van der Waals surface area contributed by atoms with E-state index in [1.54, 1.807) is 26.4 Å². The molecule has 1 aliphatic heterocycles. The van der Waals surface area contributed by atoms with Gasteiger partial charge < -0.3 is 10.6 Å². The van der Waals surface area contributed by atoms with Crippen molar-refractivity contribution in [1.82, 2.24) is 24.2 Å². The van der Waals surface area contributed by atoms with Crippen LogP contribution in [0.2, 0.25) is 0 Å². The smallest absolute Gasteiger partial charge is 0.274 e. The molecule has 0 radical (unpaired) electrons.